The predicted molar refractivity (Wildman–Crippen MR) is 216 cm³/mol. The highest BCUT2D eigenvalue weighted by Crippen LogP contribution is 2.35. The van der Waals surface area contributed by atoms with Crippen LogP contribution in [0.25, 0.3) is 50.0 Å². The summed E-state index contributed by atoms with van der Waals surface area (Å²) in [6, 6.07) is 32.6. The van der Waals surface area contributed by atoms with Crippen LogP contribution in [0.5, 0.6) is 11.5 Å². The van der Waals surface area contributed by atoms with Crippen LogP contribution in [0.15, 0.2) is 122 Å². The van der Waals surface area contributed by atoms with E-state index in [9.17, 15) is 0 Å². The van der Waals surface area contributed by atoms with E-state index >= 15 is 0 Å². The van der Waals surface area contributed by atoms with Crippen LogP contribution in [0.1, 0.15) is 66.5 Å². The third-order valence-electron chi connectivity index (χ3n) is 8.92. The first-order chi connectivity index (χ1) is 28.0. The number of pyridine rings is 2. The fraction of sp³-hybridized carbons (Fsp3) is 0.255. The van der Waals surface area contributed by atoms with Crippen molar-refractivity contribution in [3.63, 3.8) is 0 Å². The Kier molecular flexibility index (Phi) is 7.54. The molecule has 0 bridgehead atoms. The third-order valence-corrected chi connectivity index (χ3v) is 8.92. The van der Waals surface area contributed by atoms with Gasteiger partial charge in [0.2, 0.25) is 0 Å². The largest absolute Gasteiger partial charge is 0.456 e. The number of nitrogens with zero attached hydrogens (tertiary/aromatic N) is 5. The molecule has 0 N–H and O–H groups in total. The number of para-hydroxylation sites is 3. The van der Waals surface area contributed by atoms with Crippen LogP contribution in [0.2, 0.25) is 0 Å². The Balaban J connectivity index is 1.21. The molecule has 0 atom stereocenters. The normalized spacial score (nSPS) is 14.4. The fourth-order valence-electron chi connectivity index (χ4n) is 6.96. The van der Waals surface area contributed by atoms with E-state index in [1.54, 1.807) is 42.9 Å². The predicted octanol–water partition coefficient (Wildman–Crippen LogP) is 11.0. The zero-order chi connectivity index (χ0) is 42.0. The van der Waals surface area contributed by atoms with Crippen molar-refractivity contribution in [1.29, 1.82) is 0 Å². The summed E-state index contributed by atoms with van der Waals surface area (Å²) < 4.78 is 65.7. The Labute approximate surface area is 320 Å². The Bertz CT molecular complexity index is 2820. The Morgan fingerprint density at radius 2 is 1.34 bits per heavy atom. The molecule has 0 radical (unpaired) electrons. The van der Waals surface area contributed by atoms with Crippen molar-refractivity contribution >= 4 is 32.8 Å². The average Bonchev–Trinajstić information content (AvgIpc) is 3.77. The number of fused-ring (bicyclic) bond motifs is 4. The molecule has 4 aromatic heterocycles. The molecule has 8 rings (SSSR count). The Morgan fingerprint density at radius 3 is 2.09 bits per heavy atom. The summed E-state index contributed by atoms with van der Waals surface area (Å²) >= 11 is 0. The lowest BCUT2D eigenvalue weighted by Crippen LogP contribution is -2.30. The summed E-state index contributed by atoms with van der Waals surface area (Å²) in [5.74, 6) is 0.779. The van der Waals surface area contributed by atoms with Gasteiger partial charge in [0.25, 0.3) is 6.33 Å². The van der Waals surface area contributed by atoms with Crippen LogP contribution >= 0.6 is 0 Å². The molecular weight excluding hydrogens is 651 g/mol. The topological polar surface area (TPSA) is 48.8 Å². The lowest BCUT2D eigenvalue weighted by Gasteiger charge is -2.14. The van der Waals surface area contributed by atoms with Crippen LogP contribution < -0.4 is 9.30 Å². The minimum Gasteiger partial charge on any atom is -0.456 e. The first-order valence-electron chi connectivity index (χ1n) is 21.2. The molecule has 8 aromatic rings. The molecular formula is C47H47N5O. The molecule has 0 unspecified atom stereocenters. The molecule has 0 fully saturated rings. The number of rotatable bonds is 11. The molecule has 0 saturated carbocycles. The van der Waals surface area contributed by atoms with Crippen molar-refractivity contribution in [2.45, 2.75) is 60.7 Å². The summed E-state index contributed by atoms with van der Waals surface area (Å²) in [5.41, 5.74) is 6.10. The molecule has 0 aliphatic carbocycles. The fourth-order valence-corrected chi connectivity index (χ4v) is 6.96. The lowest BCUT2D eigenvalue weighted by atomic mass is 9.96. The van der Waals surface area contributed by atoms with Gasteiger partial charge in [-0.1, -0.05) is 101 Å². The molecule has 6 heteroatoms. The third kappa shape index (κ3) is 7.06. The summed E-state index contributed by atoms with van der Waals surface area (Å²) in [6.07, 6.45) is 3.58. The second-order valence-electron chi connectivity index (χ2n) is 14.3. The molecule has 0 amide bonds. The summed E-state index contributed by atoms with van der Waals surface area (Å²) in [7, 11) is 0. The van der Waals surface area contributed by atoms with Crippen molar-refractivity contribution in [1.82, 2.24) is 19.1 Å². The highest BCUT2D eigenvalue weighted by atomic mass is 16.5. The molecule has 4 aromatic carbocycles. The van der Waals surface area contributed by atoms with E-state index in [0.29, 0.717) is 45.4 Å². The average molecular weight is 704 g/mol. The van der Waals surface area contributed by atoms with Crippen molar-refractivity contribution in [3.8, 4) is 28.7 Å². The maximum Gasteiger partial charge on any atom is 0.269 e. The van der Waals surface area contributed by atoms with E-state index in [4.69, 9.17) is 17.9 Å². The zero-order valence-corrected chi connectivity index (χ0v) is 30.9. The van der Waals surface area contributed by atoms with E-state index in [2.05, 4.69) is 17.4 Å². The van der Waals surface area contributed by atoms with Gasteiger partial charge in [0.15, 0.2) is 0 Å². The lowest BCUT2D eigenvalue weighted by molar-refractivity contribution is -0.572. The van der Waals surface area contributed by atoms with Crippen molar-refractivity contribution in [2.75, 3.05) is 0 Å². The monoisotopic (exact) mass is 703 g/mol. The SMILES string of the molecule is [2H]C([2H])(c1cc(-[n+]2[c-]n(-c3cncc(Oc4ccc5c6ccccc6n(-c6cc(C([2H])([2H])C(C)C)ccn6)c5c4)c3)c3ccccc32)cc(C([2H])([2H])C(C)C)c1)C(C)C. The smallest absolute Gasteiger partial charge is 0.269 e. The van der Waals surface area contributed by atoms with E-state index < -0.39 is 19.1 Å². The van der Waals surface area contributed by atoms with Crippen molar-refractivity contribution < 1.29 is 17.5 Å². The standard InChI is InChI=1S/C47H47N5O/c1-31(2)19-34-17-18-49-47(25-34)52-43-12-8-7-11-41(43)42-16-15-39(27-46(42)52)53-40-26-38(28-48-29-40)51-30-50(44-13-9-10-14-45(44)51)37-23-35(20-32(3)4)22-36(24-37)21-33(5)6/h7-18,22-29,31-33H,19-21H2,1-6H3/i19D2,20D2,21D2. The number of aromatic nitrogens is 5. The van der Waals surface area contributed by atoms with Gasteiger partial charge >= 0.3 is 0 Å². The van der Waals surface area contributed by atoms with E-state index in [0.717, 1.165) is 32.8 Å². The van der Waals surface area contributed by atoms with E-state index in [1.807, 2.05) is 128 Å². The highest BCUT2D eigenvalue weighted by Gasteiger charge is 2.17. The molecule has 0 saturated heterocycles. The van der Waals surface area contributed by atoms with Crippen LogP contribution in [0.3, 0.4) is 0 Å². The molecule has 53 heavy (non-hydrogen) atoms. The maximum atomic E-state index is 8.96. The van der Waals surface area contributed by atoms with Crippen LogP contribution in [0, 0.1) is 24.1 Å². The van der Waals surface area contributed by atoms with E-state index in [1.165, 1.54) is 0 Å². The second-order valence-corrected chi connectivity index (χ2v) is 14.3. The number of imidazole rings is 1. The number of hydrogen-bond acceptors (Lipinski definition) is 3. The maximum absolute atomic E-state index is 8.96. The van der Waals surface area contributed by atoms with Gasteiger partial charge in [0.1, 0.15) is 17.3 Å². The van der Waals surface area contributed by atoms with Crippen LogP contribution in [-0.2, 0) is 19.1 Å². The van der Waals surface area contributed by atoms with Gasteiger partial charge in [0.05, 0.1) is 39.6 Å². The molecule has 4 heterocycles. The molecule has 6 nitrogen and oxygen atoms in total. The number of ether oxygens (including phenoxy) is 1. The van der Waals surface area contributed by atoms with Gasteiger partial charge in [-0.2, -0.15) is 0 Å². The quantitative estimate of drug-likeness (QED) is 0.0995. The molecule has 266 valence electrons. The summed E-state index contributed by atoms with van der Waals surface area (Å²) in [4.78, 5) is 9.27. The van der Waals surface area contributed by atoms with Crippen LogP contribution in [-0.4, -0.2) is 19.1 Å². The summed E-state index contributed by atoms with van der Waals surface area (Å²) in [5, 5.41) is 2.05. The minimum absolute atomic E-state index is 0.225. The van der Waals surface area contributed by atoms with Gasteiger partial charge in [0, 0.05) is 37.5 Å². The van der Waals surface area contributed by atoms with Gasteiger partial charge in [-0.15, -0.1) is 0 Å². The Morgan fingerprint density at radius 1 is 0.660 bits per heavy atom. The number of hydrogen-bond donors (Lipinski definition) is 0. The highest BCUT2D eigenvalue weighted by molar-refractivity contribution is 6.09. The minimum atomic E-state index is -1.70. The van der Waals surface area contributed by atoms with E-state index in [-0.39, 0.29) is 17.8 Å². The van der Waals surface area contributed by atoms with Gasteiger partial charge < -0.3 is 4.74 Å². The number of benzene rings is 4. The second kappa shape index (κ2) is 14.3. The van der Waals surface area contributed by atoms with Crippen molar-refractivity contribution in [2.24, 2.45) is 17.8 Å². The first-order valence-corrected chi connectivity index (χ1v) is 18.2. The molecule has 0 aliphatic rings. The van der Waals surface area contributed by atoms with Gasteiger partial charge in [-0.3, -0.25) is 18.7 Å². The van der Waals surface area contributed by atoms with Gasteiger partial charge in [-0.25, -0.2) is 4.98 Å². The summed E-state index contributed by atoms with van der Waals surface area (Å²) in [6.45, 7) is 11.1. The zero-order valence-electron chi connectivity index (χ0n) is 36.9. The van der Waals surface area contributed by atoms with Crippen molar-refractivity contribution in [3.05, 3.63) is 145 Å². The van der Waals surface area contributed by atoms with Gasteiger partial charge in [-0.05, 0) is 91.0 Å². The first kappa shape index (κ1) is 27.8. The van der Waals surface area contributed by atoms with Crippen LogP contribution in [0.4, 0.5) is 0 Å². The molecule has 0 spiro atoms. The molecule has 0 aliphatic heterocycles. The Hall–Kier alpha value is -5.75.